The topological polar surface area (TPSA) is 92.8 Å². The number of nitrogens with one attached hydrogen (secondary N) is 1. The summed E-state index contributed by atoms with van der Waals surface area (Å²) < 4.78 is 45.3. The molecule has 1 heterocycles. The zero-order chi connectivity index (χ0) is 21.7. The van der Waals surface area contributed by atoms with E-state index in [4.69, 9.17) is 4.74 Å². The zero-order valence-corrected chi connectivity index (χ0v) is 18.0. The Bertz CT molecular complexity index is 885. The molecular weight excluding hydrogens is 411 g/mol. The lowest BCUT2D eigenvalue weighted by Gasteiger charge is -2.16. The number of sulfone groups is 1. The van der Waals surface area contributed by atoms with Crippen molar-refractivity contribution in [1.29, 1.82) is 0 Å². The number of benzene rings is 1. The van der Waals surface area contributed by atoms with Crippen LogP contribution in [0.15, 0.2) is 18.2 Å². The van der Waals surface area contributed by atoms with Gasteiger partial charge in [-0.3, -0.25) is 10.1 Å². The van der Waals surface area contributed by atoms with Crippen molar-refractivity contribution < 1.29 is 27.1 Å². The summed E-state index contributed by atoms with van der Waals surface area (Å²) in [5, 5.41) is 2.21. The predicted molar refractivity (Wildman–Crippen MR) is 111 cm³/mol. The lowest BCUT2D eigenvalue weighted by molar-refractivity contribution is -0.118. The van der Waals surface area contributed by atoms with Crippen molar-refractivity contribution in [2.75, 3.05) is 31.2 Å². The number of carbonyl (C=O) groups excluding carboxylic acids is 2. The number of ether oxygens (including phenoxy) is 1. The first-order valence-electron chi connectivity index (χ1n) is 10.5. The quantitative estimate of drug-likeness (QED) is 0.399. The van der Waals surface area contributed by atoms with Gasteiger partial charge in [0.2, 0.25) is 5.91 Å². The van der Waals surface area contributed by atoms with Gasteiger partial charge in [-0.25, -0.2) is 17.6 Å². The van der Waals surface area contributed by atoms with E-state index < -0.39 is 27.6 Å². The van der Waals surface area contributed by atoms with Crippen molar-refractivity contribution in [2.45, 2.75) is 44.9 Å². The minimum Gasteiger partial charge on any atom is -0.490 e. The molecule has 30 heavy (non-hydrogen) atoms. The highest BCUT2D eigenvalue weighted by Crippen LogP contribution is 2.32. The summed E-state index contributed by atoms with van der Waals surface area (Å²) in [7, 11) is -3.35. The standard InChI is InChI=1S/C21H29FN2O5S/c1-15(17-6-5-7-18(20(17)22)29-13-16-8-9-16)14-30(27,28)11-4-2-3-10-24-12-19(25)23-21(24)26/h5-7,15-16H,2-4,8-14H2,1H3,(H,23,25,26)/t15-/m0/s1. The maximum atomic E-state index is 14.7. The van der Waals surface area contributed by atoms with Crippen LogP contribution in [0.25, 0.3) is 0 Å². The van der Waals surface area contributed by atoms with Gasteiger partial charge in [0.15, 0.2) is 21.4 Å². The predicted octanol–water partition coefficient (Wildman–Crippen LogP) is 2.85. The highest BCUT2D eigenvalue weighted by atomic mass is 32.2. The summed E-state index contributed by atoms with van der Waals surface area (Å²) in [5.41, 5.74) is 0.358. The van der Waals surface area contributed by atoms with Crippen molar-refractivity contribution >= 4 is 21.8 Å². The number of halogens is 1. The fraction of sp³-hybridized carbons (Fsp3) is 0.619. The Morgan fingerprint density at radius 2 is 2.00 bits per heavy atom. The van der Waals surface area contributed by atoms with Crippen LogP contribution in [0.4, 0.5) is 9.18 Å². The third-order valence-electron chi connectivity index (χ3n) is 5.45. The van der Waals surface area contributed by atoms with E-state index in [1.165, 1.54) is 4.90 Å². The maximum absolute atomic E-state index is 14.7. The molecule has 0 spiro atoms. The second-order valence-corrected chi connectivity index (χ2v) is 10.5. The second-order valence-electron chi connectivity index (χ2n) is 8.26. The van der Waals surface area contributed by atoms with Gasteiger partial charge in [-0.2, -0.15) is 0 Å². The van der Waals surface area contributed by atoms with Gasteiger partial charge in [-0.05, 0) is 49.1 Å². The molecule has 2 aliphatic rings. The van der Waals surface area contributed by atoms with Gasteiger partial charge in [-0.15, -0.1) is 0 Å². The monoisotopic (exact) mass is 440 g/mol. The van der Waals surface area contributed by atoms with E-state index in [0.717, 1.165) is 12.8 Å². The summed E-state index contributed by atoms with van der Waals surface area (Å²) in [6.07, 6.45) is 3.94. The highest BCUT2D eigenvalue weighted by molar-refractivity contribution is 7.91. The highest BCUT2D eigenvalue weighted by Gasteiger charge is 2.26. The number of hydrogen-bond acceptors (Lipinski definition) is 5. The number of rotatable bonds is 12. The first kappa shape index (κ1) is 22.5. The molecule has 0 aromatic heterocycles. The number of nitrogens with zero attached hydrogens (tertiary/aromatic N) is 1. The summed E-state index contributed by atoms with van der Waals surface area (Å²) >= 11 is 0. The second kappa shape index (κ2) is 9.76. The number of carbonyl (C=O) groups is 2. The normalized spacial score (nSPS) is 17.9. The van der Waals surface area contributed by atoms with E-state index >= 15 is 0 Å². The van der Waals surface area contributed by atoms with Crippen LogP contribution in [0.1, 0.15) is 50.5 Å². The molecule has 7 nitrogen and oxygen atoms in total. The summed E-state index contributed by atoms with van der Waals surface area (Å²) in [5.74, 6) is -0.677. The first-order chi connectivity index (χ1) is 14.2. The Hall–Kier alpha value is -2.16. The number of unbranched alkanes of at least 4 members (excludes halogenated alkanes) is 2. The summed E-state index contributed by atoms with van der Waals surface area (Å²) in [6, 6.07) is 4.49. The SMILES string of the molecule is C[C@@H](CS(=O)(=O)CCCCCN1CC(=O)NC1=O)c1cccc(OCC2CC2)c1F. The molecule has 1 saturated carbocycles. The van der Waals surface area contributed by atoms with Gasteiger partial charge in [0.25, 0.3) is 0 Å². The molecule has 1 saturated heterocycles. The Labute approximate surface area is 176 Å². The molecule has 1 aromatic rings. The van der Waals surface area contributed by atoms with Gasteiger partial charge < -0.3 is 9.64 Å². The molecule has 1 aromatic carbocycles. The third kappa shape index (κ3) is 6.42. The van der Waals surface area contributed by atoms with E-state index in [1.807, 2.05) is 0 Å². The minimum absolute atomic E-state index is 0.0158. The molecule has 1 aliphatic carbocycles. The number of urea groups is 1. The lowest BCUT2D eigenvalue weighted by Crippen LogP contribution is -2.29. The number of hydrogen-bond donors (Lipinski definition) is 1. The zero-order valence-electron chi connectivity index (χ0n) is 17.2. The van der Waals surface area contributed by atoms with Crippen LogP contribution < -0.4 is 10.1 Å². The van der Waals surface area contributed by atoms with Gasteiger partial charge in [0.05, 0.1) is 18.1 Å². The lowest BCUT2D eigenvalue weighted by atomic mass is 10.0. The third-order valence-corrected chi connectivity index (χ3v) is 7.37. The molecule has 9 heteroatoms. The van der Waals surface area contributed by atoms with E-state index in [0.29, 0.717) is 43.9 Å². The smallest absolute Gasteiger partial charge is 0.324 e. The average Bonchev–Trinajstić information content (AvgIpc) is 3.44. The molecule has 1 atom stereocenters. The summed E-state index contributed by atoms with van der Waals surface area (Å²) in [6.45, 7) is 2.69. The van der Waals surface area contributed by atoms with Crippen LogP contribution in [-0.2, 0) is 14.6 Å². The van der Waals surface area contributed by atoms with Gasteiger partial charge in [0.1, 0.15) is 6.54 Å². The molecule has 1 aliphatic heterocycles. The van der Waals surface area contributed by atoms with E-state index in [1.54, 1.807) is 25.1 Å². The van der Waals surface area contributed by atoms with Crippen molar-refractivity contribution in [1.82, 2.24) is 10.2 Å². The molecule has 2 fully saturated rings. The van der Waals surface area contributed by atoms with Crippen LogP contribution in [0.5, 0.6) is 5.75 Å². The largest absolute Gasteiger partial charge is 0.490 e. The van der Waals surface area contributed by atoms with Crippen molar-refractivity contribution in [2.24, 2.45) is 5.92 Å². The minimum atomic E-state index is -3.35. The number of imide groups is 1. The van der Waals surface area contributed by atoms with E-state index in [9.17, 15) is 22.4 Å². The van der Waals surface area contributed by atoms with E-state index in [-0.39, 0.29) is 29.7 Å². The molecule has 3 rings (SSSR count). The van der Waals surface area contributed by atoms with Crippen LogP contribution in [0, 0.1) is 11.7 Å². The molecule has 0 radical (unpaired) electrons. The Morgan fingerprint density at radius 3 is 2.67 bits per heavy atom. The molecule has 0 unspecified atom stereocenters. The maximum Gasteiger partial charge on any atom is 0.324 e. The van der Waals surface area contributed by atoms with E-state index in [2.05, 4.69) is 5.32 Å². The Morgan fingerprint density at radius 1 is 1.23 bits per heavy atom. The van der Waals surface area contributed by atoms with Gasteiger partial charge in [0, 0.05) is 6.54 Å². The molecule has 0 bridgehead atoms. The fourth-order valence-electron chi connectivity index (χ4n) is 3.53. The average molecular weight is 441 g/mol. The molecular formula is C21H29FN2O5S. The van der Waals surface area contributed by atoms with Crippen LogP contribution in [-0.4, -0.2) is 56.5 Å². The van der Waals surface area contributed by atoms with Crippen LogP contribution in [0.2, 0.25) is 0 Å². The Balaban J connectivity index is 1.43. The van der Waals surface area contributed by atoms with Crippen molar-refractivity contribution in [3.63, 3.8) is 0 Å². The molecule has 166 valence electrons. The summed E-state index contributed by atoms with van der Waals surface area (Å²) in [4.78, 5) is 24.0. The molecule has 3 amide bonds. The van der Waals surface area contributed by atoms with Crippen molar-refractivity contribution in [3.8, 4) is 5.75 Å². The van der Waals surface area contributed by atoms with Crippen molar-refractivity contribution in [3.05, 3.63) is 29.6 Å². The fourth-order valence-corrected chi connectivity index (χ4v) is 5.28. The number of amides is 3. The first-order valence-corrected chi connectivity index (χ1v) is 12.3. The van der Waals surface area contributed by atoms with Gasteiger partial charge >= 0.3 is 6.03 Å². The van der Waals surface area contributed by atoms with Gasteiger partial charge in [-0.1, -0.05) is 25.5 Å². The molecule has 1 N–H and O–H groups in total. The van der Waals surface area contributed by atoms with Crippen LogP contribution in [0.3, 0.4) is 0 Å². The van der Waals surface area contributed by atoms with Crippen LogP contribution >= 0.6 is 0 Å². The Kier molecular flexibility index (Phi) is 7.33.